The Bertz CT molecular complexity index is 1540. The molecule has 3 aliphatic rings. The molecule has 0 unspecified atom stereocenters. The van der Waals surface area contributed by atoms with Crippen molar-refractivity contribution in [1.29, 1.82) is 0 Å². The number of hydrogen-bond donors (Lipinski definition) is 0. The summed E-state index contributed by atoms with van der Waals surface area (Å²) in [5.41, 5.74) is 3.69. The molecular weight excluding hydrogens is 597 g/mol. The fraction of sp³-hybridized carbons (Fsp3) is 0.562. The molecule has 0 amide bonds. The first-order chi connectivity index (χ1) is 20.5. The summed E-state index contributed by atoms with van der Waals surface area (Å²) in [7, 11) is -4.06. The molecular formula is C32H38ClF3N4O2S. The number of hydrogen-bond acceptors (Lipinski definition) is 5. The highest BCUT2D eigenvalue weighted by atomic mass is 35.5. The number of alkyl halides is 3. The molecule has 6 nitrogen and oxygen atoms in total. The van der Waals surface area contributed by atoms with Gasteiger partial charge < -0.3 is 4.90 Å². The molecule has 3 aromatic rings. The molecule has 6 rings (SSSR count). The van der Waals surface area contributed by atoms with Crippen molar-refractivity contribution < 1.29 is 21.6 Å². The van der Waals surface area contributed by atoms with Gasteiger partial charge in [-0.25, -0.2) is 8.42 Å². The summed E-state index contributed by atoms with van der Waals surface area (Å²) in [6.07, 6.45) is 4.95. The number of piperidine rings is 1. The maximum Gasteiger partial charge on any atom is 0.433 e. The molecule has 1 saturated heterocycles. The number of fused-ring (bicyclic) bond motifs is 1. The van der Waals surface area contributed by atoms with E-state index in [0.717, 1.165) is 63.6 Å². The molecule has 2 fully saturated rings. The van der Waals surface area contributed by atoms with Crippen molar-refractivity contribution in [3.8, 4) is 0 Å². The van der Waals surface area contributed by atoms with Crippen LogP contribution in [0, 0.1) is 0 Å². The molecule has 232 valence electrons. The third-order valence-electron chi connectivity index (χ3n) is 9.98. The topological polar surface area (TPSA) is 68.1 Å². The van der Waals surface area contributed by atoms with Gasteiger partial charge in [-0.2, -0.15) is 18.3 Å². The van der Waals surface area contributed by atoms with E-state index >= 15 is 0 Å². The van der Waals surface area contributed by atoms with Crippen molar-refractivity contribution in [3.05, 3.63) is 75.8 Å². The van der Waals surface area contributed by atoms with Crippen molar-refractivity contribution in [2.24, 2.45) is 0 Å². The third kappa shape index (κ3) is 5.63. The van der Waals surface area contributed by atoms with Crippen LogP contribution >= 0.6 is 11.6 Å². The number of aryl methyl sites for hydroxylation is 2. The normalized spacial score (nSPS) is 24.2. The van der Waals surface area contributed by atoms with Gasteiger partial charge in [-0.05, 0) is 119 Å². The van der Waals surface area contributed by atoms with Crippen LogP contribution in [0.15, 0.2) is 47.5 Å². The van der Waals surface area contributed by atoms with E-state index in [2.05, 4.69) is 21.5 Å². The fourth-order valence-corrected chi connectivity index (χ4v) is 9.92. The molecule has 0 radical (unpaired) electrons. The van der Waals surface area contributed by atoms with Crippen molar-refractivity contribution in [1.82, 2.24) is 19.7 Å². The van der Waals surface area contributed by atoms with E-state index in [1.165, 1.54) is 29.8 Å². The number of halogens is 4. The average molecular weight is 635 g/mol. The van der Waals surface area contributed by atoms with Crippen LogP contribution in [0.3, 0.4) is 0 Å². The number of likely N-dealkylation sites (tertiary alicyclic amines) is 1. The number of aromatic nitrogens is 3. The minimum Gasteiger partial charge on any atom is -0.300 e. The second-order valence-electron chi connectivity index (χ2n) is 12.3. The van der Waals surface area contributed by atoms with E-state index in [9.17, 15) is 21.6 Å². The van der Waals surface area contributed by atoms with E-state index in [1.807, 2.05) is 0 Å². The van der Waals surface area contributed by atoms with Crippen LogP contribution in [0.4, 0.5) is 13.2 Å². The molecule has 1 aromatic carbocycles. The second-order valence-corrected chi connectivity index (χ2v) is 15.0. The minimum absolute atomic E-state index is 0.189. The van der Waals surface area contributed by atoms with Gasteiger partial charge in [-0.1, -0.05) is 30.7 Å². The molecule has 1 aliphatic carbocycles. The minimum atomic E-state index is -4.64. The van der Waals surface area contributed by atoms with Crippen LogP contribution in [0.5, 0.6) is 0 Å². The van der Waals surface area contributed by atoms with Gasteiger partial charge in [0.15, 0.2) is 9.84 Å². The summed E-state index contributed by atoms with van der Waals surface area (Å²) >= 11 is 6.14. The van der Waals surface area contributed by atoms with Crippen molar-refractivity contribution in [3.63, 3.8) is 0 Å². The summed E-state index contributed by atoms with van der Waals surface area (Å²) in [5, 5.41) is 5.44. The van der Waals surface area contributed by atoms with Crippen LogP contribution in [0.1, 0.15) is 92.4 Å². The predicted molar refractivity (Wildman–Crippen MR) is 160 cm³/mol. The van der Waals surface area contributed by atoms with Crippen molar-refractivity contribution in [2.45, 2.75) is 105 Å². The van der Waals surface area contributed by atoms with Crippen molar-refractivity contribution >= 4 is 21.4 Å². The summed E-state index contributed by atoms with van der Waals surface area (Å²) in [6.45, 7) is 5.14. The predicted octanol–water partition coefficient (Wildman–Crippen LogP) is 7.34. The lowest BCUT2D eigenvalue weighted by molar-refractivity contribution is -0.141. The van der Waals surface area contributed by atoms with E-state index in [0.29, 0.717) is 42.2 Å². The van der Waals surface area contributed by atoms with Crippen molar-refractivity contribution in [2.75, 3.05) is 13.1 Å². The van der Waals surface area contributed by atoms with E-state index in [4.69, 9.17) is 16.7 Å². The average Bonchev–Trinajstić information content (AvgIpc) is 3.40. The van der Waals surface area contributed by atoms with E-state index in [1.54, 1.807) is 24.3 Å². The van der Waals surface area contributed by atoms with Gasteiger partial charge in [-0.15, -0.1) is 0 Å². The lowest BCUT2D eigenvalue weighted by Crippen LogP contribution is -2.48. The SMILES string of the molecule is CCc1nn2c(c1C1CCN(C3CCC(c4ccc(Cl)cc4)(S(=O)(=O)c4ccc(C(F)(F)F)nc4)CC3)CC1)CCCC2. The largest absolute Gasteiger partial charge is 0.433 e. The van der Waals surface area contributed by atoms with E-state index < -0.39 is 26.5 Å². The lowest BCUT2D eigenvalue weighted by atomic mass is 9.79. The standard InChI is InChI=1S/C32H38ClF3N4O2S/c1-2-27-30(28-5-3-4-18-40(28)38-27)22-14-19-39(20-15-22)25-12-16-31(17-13-25,23-6-8-24(33)9-7-23)43(41,42)26-10-11-29(37-21-26)32(34,35)36/h6-11,21-22,25H,2-5,12-20H2,1H3. The highest BCUT2D eigenvalue weighted by molar-refractivity contribution is 7.92. The van der Waals surface area contributed by atoms with Crippen LogP contribution < -0.4 is 0 Å². The zero-order valence-electron chi connectivity index (χ0n) is 24.4. The smallest absolute Gasteiger partial charge is 0.300 e. The van der Waals surface area contributed by atoms with Gasteiger partial charge in [0, 0.05) is 29.5 Å². The number of rotatable bonds is 6. The maximum absolute atomic E-state index is 14.2. The Labute approximate surface area is 256 Å². The van der Waals surface area contributed by atoms with Crippen LogP contribution in [-0.4, -0.2) is 47.2 Å². The molecule has 2 aliphatic heterocycles. The highest BCUT2D eigenvalue weighted by Crippen LogP contribution is 2.49. The number of pyridine rings is 1. The molecule has 0 atom stereocenters. The Morgan fingerprint density at radius 1 is 0.977 bits per heavy atom. The highest BCUT2D eigenvalue weighted by Gasteiger charge is 2.49. The number of benzene rings is 1. The first kappa shape index (κ1) is 30.6. The molecule has 0 N–H and O–H groups in total. The zero-order chi connectivity index (χ0) is 30.4. The summed E-state index contributed by atoms with van der Waals surface area (Å²) in [4.78, 5) is 5.80. The molecule has 0 bridgehead atoms. The Kier molecular flexibility index (Phi) is 8.41. The second kappa shape index (κ2) is 11.8. The van der Waals surface area contributed by atoms with Crippen LogP contribution in [-0.2, 0) is 40.1 Å². The van der Waals surface area contributed by atoms with Gasteiger partial charge in [0.25, 0.3) is 0 Å². The third-order valence-corrected chi connectivity index (χ3v) is 12.8. The summed E-state index contributed by atoms with van der Waals surface area (Å²) in [6, 6.07) is 8.88. The first-order valence-electron chi connectivity index (χ1n) is 15.4. The number of sulfone groups is 1. The molecule has 4 heterocycles. The Hall–Kier alpha value is -2.43. The van der Waals surface area contributed by atoms with E-state index in [-0.39, 0.29) is 10.9 Å². The molecule has 1 saturated carbocycles. The quantitative estimate of drug-likeness (QED) is 0.284. The Morgan fingerprint density at radius 2 is 1.67 bits per heavy atom. The van der Waals surface area contributed by atoms with Gasteiger partial charge in [0.1, 0.15) is 10.4 Å². The molecule has 43 heavy (non-hydrogen) atoms. The summed E-state index contributed by atoms with van der Waals surface area (Å²) in [5.74, 6) is 0.511. The molecule has 11 heteroatoms. The van der Waals surface area contributed by atoms with Gasteiger partial charge >= 0.3 is 6.18 Å². The fourth-order valence-electron chi connectivity index (χ4n) is 7.69. The van der Waals surface area contributed by atoms with Crippen LogP contribution in [0.2, 0.25) is 5.02 Å². The lowest BCUT2D eigenvalue weighted by Gasteiger charge is -2.45. The van der Waals surface area contributed by atoms with Crippen LogP contribution in [0.25, 0.3) is 0 Å². The van der Waals surface area contributed by atoms with Gasteiger partial charge in [0.05, 0.1) is 10.6 Å². The van der Waals surface area contributed by atoms with Gasteiger partial charge in [0.2, 0.25) is 0 Å². The first-order valence-corrected chi connectivity index (χ1v) is 17.3. The number of nitrogens with zero attached hydrogens (tertiary/aromatic N) is 4. The molecule has 2 aromatic heterocycles. The maximum atomic E-state index is 14.2. The van der Waals surface area contributed by atoms with Gasteiger partial charge in [-0.3, -0.25) is 9.67 Å². The Balaban J connectivity index is 1.20. The monoisotopic (exact) mass is 634 g/mol. The summed E-state index contributed by atoms with van der Waals surface area (Å²) < 4.78 is 68.9. The Morgan fingerprint density at radius 3 is 2.28 bits per heavy atom. The zero-order valence-corrected chi connectivity index (χ0v) is 26.0. The molecule has 0 spiro atoms.